The van der Waals surface area contributed by atoms with Crippen LogP contribution in [0.2, 0.25) is 0 Å². The van der Waals surface area contributed by atoms with Crippen molar-refractivity contribution in [2.75, 3.05) is 11.4 Å². The van der Waals surface area contributed by atoms with Gasteiger partial charge in [-0.2, -0.15) is 0 Å². The number of rotatable bonds is 4. The Bertz CT molecular complexity index is 854. The van der Waals surface area contributed by atoms with E-state index in [-0.39, 0.29) is 0 Å². The van der Waals surface area contributed by atoms with Crippen LogP contribution in [0.25, 0.3) is 0 Å². The van der Waals surface area contributed by atoms with Crippen molar-refractivity contribution in [1.29, 1.82) is 0 Å². The summed E-state index contributed by atoms with van der Waals surface area (Å²) in [6, 6.07) is 17.1. The number of aromatic nitrogens is 3. The number of benzene rings is 2. The van der Waals surface area contributed by atoms with Crippen molar-refractivity contribution >= 4 is 23.4 Å². The van der Waals surface area contributed by atoms with Crippen molar-refractivity contribution in [3.8, 4) is 0 Å². The zero-order chi connectivity index (χ0) is 16.5. The molecule has 0 fully saturated rings. The average molecular weight is 336 g/mol. The molecule has 2 aromatic carbocycles. The highest BCUT2D eigenvalue weighted by atomic mass is 32.2. The molecular weight excluding hydrogens is 316 g/mol. The standard InChI is InChI=1S/C19H20N4S/c1-14-7-9-17(10-8-14)22-11-12-23-18(22)20-21-19(23)24-13-16-6-4-3-5-15(16)2/h3-10H,11-13H2,1-2H3. The topological polar surface area (TPSA) is 34.0 Å². The smallest absolute Gasteiger partial charge is 0.232 e. The van der Waals surface area contributed by atoms with E-state index >= 15 is 0 Å². The molecule has 0 N–H and O–H groups in total. The summed E-state index contributed by atoms with van der Waals surface area (Å²) in [5.74, 6) is 1.88. The van der Waals surface area contributed by atoms with Crippen molar-refractivity contribution in [3.63, 3.8) is 0 Å². The Balaban J connectivity index is 1.53. The third-order valence-corrected chi connectivity index (χ3v) is 5.47. The summed E-state index contributed by atoms with van der Waals surface area (Å²) in [5.41, 5.74) is 5.14. The minimum Gasteiger partial charge on any atom is -0.309 e. The van der Waals surface area contributed by atoms with Gasteiger partial charge < -0.3 is 4.90 Å². The van der Waals surface area contributed by atoms with Crippen LogP contribution in [0.4, 0.5) is 11.6 Å². The summed E-state index contributed by atoms with van der Waals surface area (Å²) in [7, 11) is 0. The van der Waals surface area contributed by atoms with E-state index in [0.717, 1.165) is 29.9 Å². The minimum absolute atomic E-state index is 0.926. The van der Waals surface area contributed by atoms with Gasteiger partial charge >= 0.3 is 0 Å². The van der Waals surface area contributed by atoms with Gasteiger partial charge in [-0.25, -0.2) is 0 Å². The second-order valence-corrected chi connectivity index (χ2v) is 7.08. The lowest BCUT2D eigenvalue weighted by Crippen LogP contribution is -2.14. The van der Waals surface area contributed by atoms with Crippen molar-refractivity contribution in [3.05, 3.63) is 65.2 Å². The Kier molecular flexibility index (Phi) is 4.02. The molecule has 0 aliphatic carbocycles. The van der Waals surface area contributed by atoms with Gasteiger partial charge in [-0.15, -0.1) is 10.2 Å². The number of aryl methyl sites for hydroxylation is 2. The van der Waals surface area contributed by atoms with Crippen molar-refractivity contribution < 1.29 is 0 Å². The van der Waals surface area contributed by atoms with E-state index in [1.165, 1.54) is 22.4 Å². The molecule has 3 aromatic rings. The SMILES string of the molecule is Cc1ccc(N2CCn3c(SCc4ccccc4C)nnc32)cc1. The first-order valence-corrected chi connectivity index (χ1v) is 9.15. The van der Waals surface area contributed by atoms with E-state index in [9.17, 15) is 0 Å². The summed E-state index contributed by atoms with van der Waals surface area (Å²) in [6.07, 6.45) is 0. The van der Waals surface area contributed by atoms with Gasteiger partial charge in [-0.1, -0.05) is 53.7 Å². The van der Waals surface area contributed by atoms with Crippen LogP contribution in [-0.4, -0.2) is 21.3 Å². The molecule has 122 valence electrons. The summed E-state index contributed by atoms with van der Waals surface area (Å²) in [4.78, 5) is 2.24. The molecular formula is C19H20N4S. The largest absolute Gasteiger partial charge is 0.309 e. The van der Waals surface area contributed by atoms with Gasteiger partial charge in [-0.3, -0.25) is 4.57 Å². The summed E-state index contributed by atoms with van der Waals surface area (Å²) >= 11 is 1.76. The Hall–Kier alpha value is -2.27. The molecule has 0 bridgehead atoms. The zero-order valence-electron chi connectivity index (χ0n) is 13.9. The van der Waals surface area contributed by atoms with Crippen LogP contribution in [0.1, 0.15) is 16.7 Å². The van der Waals surface area contributed by atoms with Crippen LogP contribution in [0.5, 0.6) is 0 Å². The first kappa shape index (κ1) is 15.3. The van der Waals surface area contributed by atoms with E-state index in [1.54, 1.807) is 11.8 Å². The lowest BCUT2D eigenvalue weighted by atomic mass is 10.1. The summed E-state index contributed by atoms with van der Waals surface area (Å²) in [5, 5.41) is 9.84. The highest BCUT2D eigenvalue weighted by Gasteiger charge is 2.25. The molecule has 0 saturated heterocycles. The van der Waals surface area contributed by atoms with Crippen LogP contribution in [0.15, 0.2) is 53.7 Å². The predicted molar refractivity (Wildman–Crippen MR) is 98.9 cm³/mol. The van der Waals surface area contributed by atoms with Gasteiger partial charge in [0.05, 0.1) is 0 Å². The minimum atomic E-state index is 0.926. The Morgan fingerprint density at radius 2 is 1.75 bits per heavy atom. The quantitative estimate of drug-likeness (QED) is 0.664. The van der Waals surface area contributed by atoms with Crippen molar-refractivity contribution in [1.82, 2.24) is 14.8 Å². The van der Waals surface area contributed by atoms with E-state index in [1.807, 2.05) is 0 Å². The molecule has 4 rings (SSSR count). The molecule has 1 aromatic heterocycles. The molecule has 0 radical (unpaired) electrons. The number of nitrogens with zero attached hydrogens (tertiary/aromatic N) is 4. The highest BCUT2D eigenvalue weighted by Crippen LogP contribution is 2.33. The van der Waals surface area contributed by atoms with E-state index in [0.29, 0.717) is 0 Å². The number of hydrogen-bond donors (Lipinski definition) is 0. The predicted octanol–water partition coefficient (Wildman–Crippen LogP) is 4.34. The first-order chi connectivity index (χ1) is 11.7. The number of thioether (sulfide) groups is 1. The van der Waals surface area contributed by atoms with Crippen LogP contribution < -0.4 is 4.90 Å². The molecule has 24 heavy (non-hydrogen) atoms. The van der Waals surface area contributed by atoms with E-state index in [2.05, 4.69) is 82.0 Å². The molecule has 1 aliphatic rings. The second kappa shape index (κ2) is 6.32. The van der Waals surface area contributed by atoms with E-state index in [4.69, 9.17) is 0 Å². The maximum Gasteiger partial charge on any atom is 0.232 e. The van der Waals surface area contributed by atoms with Crippen LogP contribution in [0, 0.1) is 13.8 Å². The average Bonchev–Trinajstić information content (AvgIpc) is 3.17. The molecule has 0 atom stereocenters. The fraction of sp³-hybridized carbons (Fsp3) is 0.263. The lowest BCUT2D eigenvalue weighted by Gasteiger charge is -2.15. The maximum atomic E-state index is 4.43. The molecule has 4 nitrogen and oxygen atoms in total. The summed E-state index contributed by atoms with van der Waals surface area (Å²) in [6.45, 7) is 6.15. The molecule has 5 heteroatoms. The summed E-state index contributed by atoms with van der Waals surface area (Å²) < 4.78 is 2.22. The molecule has 0 amide bonds. The van der Waals surface area contributed by atoms with Gasteiger partial charge in [0.2, 0.25) is 5.95 Å². The number of hydrogen-bond acceptors (Lipinski definition) is 4. The third kappa shape index (κ3) is 2.80. The van der Waals surface area contributed by atoms with Crippen LogP contribution >= 0.6 is 11.8 Å². The first-order valence-electron chi connectivity index (χ1n) is 8.17. The van der Waals surface area contributed by atoms with Crippen molar-refractivity contribution in [2.24, 2.45) is 0 Å². The van der Waals surface area contributed by atoms with Gasteiger partial charge in [0.25, 0.3) is 0 Å². The number of fused-ring (bicyclic) bond motifs is 1. The van der Waals surface area contributed by atoms with E-state index < -0.39 is 0 Å². The lowest BCUT2D eigenvalue weighted by molar-refractivity contribution is 0.704. The van der Waals surface area contributed by atoms with Gasteiger partial charge in [0, 0.05) is 24.5 Å². The van der Waals surface area contributed by atoms with Gasteiger partial charge in [0.15, 0.2) is 5.16 Å². The Morgan fingerprint density at radius 3 is 2.54 bits per heavy atom. The Labute approximate surface area is 146 Å². The second-order valence-electron chi connectivity index (χ2n) is 6.14. The molecule has 2 heterocycles. The zero-order valence-corrected chi connectivity index (χ0v) is 14.8. The number of anilines is 2. The fourth-order valence-electron chi connectivity index (χ4n) is 2.97. The van der Waals surface area contributed by atoms with Gasteiger partial charge in [-0.05, 0) is 37.1 Å². The molecule has 0 spiro atoms. The molecule has 0 saturated carbocycles. The molecule has 1 aliphatic heterocycles. The molecule has 0 unspecified atom stereocenters. The Morgan fingerprint density at radius 1 is 0.958 bits per heavy atom. The van der Waals surface area contributed by atoms with Gasteiger partial charge in [0.1, 0.15) is 0 Å². The monoisotopic (exact) mass is 336 g/mol. The van der Waals surface area contributed by atoms with Crippen LogP contribution in [0.3, 0.4) is 0 Å². The highest BCUT2D eigenvalue weighted by molar-refractivity contribution is 7.98. The van der Waals surface area contributed by atoms with Crippen molar-refractivity contribution in [2.45, 2.75) is 31.3 Å². The fourth-order valence-corrected chi connectivity index (χ4v) is 4.00. The maximum absolute atomic E-state index is 4.43. The third-order valence-electron chi connectivity index (χ3n) is 4.45. The van der Waals surface area contributed by atoms with Crippen LogP contribution in [-0.2, 0) is 12.3 Å². The normalized spacial score (nSPS) is 13.3.